The minimum atomic E-state index is -0.817. The van der Waals surface area contributed by atoms with Gasteiger partial charge in [-0.1, -0.05) is 133 Å². The topological polar surface area (TPSA) is 18.5 Å². The van der Waals surface area contributed by atoms with E-state index in [1.807, 2.05) is 0 Å². The van der Waals surface area contributed by atoms with E-state index in [-0.39, 0.29) is 12.2 Å². The van der Waals surface area contributed by atoms with Crippen molar-refractivity contribution in [3.05, 3.63) is 168 Å². The van der Waals surface area contributed by atoms with E-state index in [2.05, 4.69) is 159 Å². The van der Waals surface area contributed by atoms with Gasteiger partial charge in [-0.05, 0) is 105 Å². The van der Waals surface area contributed by atoms with Crippen LogP contribution in [-0.4, -0.2) is 12.2 Å². The number of ether oxygens (including phenoxy) is 2. The Hall–Kier alpha value is -4.22. The van der Waals surface area contributed by atoms with E-state index in [1.165, 1.54) is 54.1 Å². The molecule has 8 rings (SSSR count). The zero-order chi connectivity index (χ0) is 33.2. The molecule has 2 unspecified atom stereocenters. The van der Waals surface area contributed by atoms with E-state index in [0.717, 1.165) is 43.6 Å². The summed E-state index contributed by atoms with van der Waals surface area (Å²) in [5.74, 6) is 2.16. The van der Waals surface area contributed by atoms with Gasteiger partial charge in [0.05, 0.1) is 0 Å². The summed E-state index contributed by atoms with van der Waals surface area (Å²) in [5.41, 5.74) is 5.10. The molecule has 2 heterocycles. The zero-order valence-corrected chi connectivity index (χ0v) is 30.0. The van der Waals surface area contributed by atoms with Gasteiger partial charge in [-0.3, -0.25) is 0 Å². The summed E-state index contributed by atoms with van der Waals surface area (Å²) < 4.78 is 14.8. The molecule has 0 aromatic heterocycles. The second-order valence-electron chi connectivity index (χ2n) is 13.4. The fraction of sp³-hybridized carbons (Fsp3) is 0.200. The van der Waals surface area contributed by atoms with Crippen molar-refractivity contribution >= 4 is 47.7 Å². The Bertz CT molecular complexity index is 1800. The molecule has 0 saturated carbocycles. The van der Waals surface area contributed by atoms with Crippen molar-refractivity contribution in [2.75, 3.05) is 0 Å². The first-order valence-electron chi connectivity index (χ1n) is 17.5. The third-order valence-electron chi connectivity index (χ3n) is 9.64. The van der Waals surface area contributed by atoms with Crippen LogP contribution in [0, 0.1) is 13.8 Å². The average molecular weight is 677 g/mol. The summed E-state index contributed by atoms with van der Waals surface area (Å²) in [6.45, 7) is 4.48. The van der Waals surface area contributed by atoms with Crippen LogP contribution >= 0.6 is 15.8 Å². The highest BCUT2D eigenvalue weighted by atomic mass is 31.1. The van der Waals surface area contributed by atoms with Crippen molar-refractivity contribution in [3.63, 3.8) is 0 Å². The summed E-state index contributed by atoms with van der Waals surface area (Å²) in [7, 11) is -1.63. The van der Waals surface area contributed by atoms with Crippen molar-refractivity contribution in [3.8, 4) is 11.5 Å². The van der Waals surface area contributed by atoms with Crippen molar-refractivity contribution in [1.29, 1.82) is 0 Å². The highest BCUT2D eigenvalue weighted by Gasteiger charge is 2.32. The molecule has 4 heteroatoms. The molecule has 0 spiro atoms. The van der Waals surface area contributed by atoms with E-state index in [1.54, 1.807) is 0 Å². The minimum Gasteiger partial charge on any atom is -0.489 e. The van der Waals surface area contributed by atoms with Crippen LogP contribution in [0.3, 0.4) is 0 Å². The van der Waals surface area contributed by atoms with Crippen LogP contribution < -0.4 is 41.3 Å². The van der Waals surface area contributed by atoms with Gasteiger partial charge in [0.15, 0.2) is 0 Å². The molecule has 0 radical (unpaired) electrons. The molecule has 0 N–H and O–H groups in total. The standard InChI is InChI=1S/C45H42O2P2/c1-32-26-34-30-36-16-15-17-37(46-44(34)42(28-32)48(38-18-7-3-8-19-38)39-20-9-4-10-21-39)31-35-27-33(2)29-43(45(35)47-36)49(40-22-11-5-12-23-40)41-24-13-6-14-25-41/h3-14,18-29,36-37H,15-17,30-31H2,1-2H3. The SMILES string of the molecule is Cc1cc2c(c(P(c3ccccc3)c3ccccc3)c1)OC1CCCC(C2)Oc2c(cc(C)cc2P(c2ccccc2)c2ccccc2)C1. The Balaban J connectivity index is 1.27. The number of fused-ring (bicyclic) bond motifs is 6. The van der Waals surface area contributed by atoms with Crippen LogP contribution in [0.15, 0.2) is 146 Å². The predicted octanol–water partition coefficient (Wildman–Crippen LogP) is 8.30. The first-order valence-corrected chi connectivity index (χ1v) is 20.2. The van der Waals surface area contributed by atoms with Gasteiger partial charge in [0.25, 0.3) is 0 Å². The molecular formula is C45H42O2P2. The first kappa shape index (κ1) is 32.0. The number of benzene rings is 6. The number of hydrogen-bond acceptors (Lipinski definition) is 2. The maximum absolute atomic E-state index is 7.38. The zero-order valence-electron chi connectivity index (χ0n) is 28.3. The molecule has 2 atom stereocenters. The van der Waals surface area contributed by atoms with Gasteiger partial charge in [-0.15, -0.1) is 0 Å². The monoisotopic (exact) mass is 676 g/mol. The Kier molecular flexibility index (Phi) is 9.36. The van der Waals surface area contributed by atoms with Gasteiger partial charge in [0.1, 0.15) is 23.7 Å². The van der Waals surface area contributed by atoms with E-state index in [4.69, 9.17) is 9.47 Å². The van der Waals surface area contributed by atoms with Gasteiger partial charge >= 0.3 is 0 Å². The van der Waals surface area contributed by atoms with Crippen molar-refractivity contribution < 1.29 is 9.47 Å². The fourth-order valence-electron chi connectivity index (χ4n) is 7.53. The summed E-state index contributed by atoms with van der Waals surface area (Å²) >= 11 is 0. The van der Waals surface area contributed by atoms with Crippen LogP contribution in [-0.2, 0) is 12.8 Å². The molecule has 0 aliphatic carbocycles. The van der Waals surface area contributed by atoms with Gasteiger partial charge in [0.2, 0.25) is 0 Å². The normalized spacial score (nSPS) is 17.1. The van der Waals surface area contributed by atoms with Crippen LogP contribution in [0.5, 0.6) is 11.5 Å². The predicted molar refractivity (Wildman–Crippen MR) is 210 cm³/mol. The molecule has 244 valence electrons. The van der Waals surface area contributed by atoms with Crippen molar-refractivity contribution in [1.82, 2.24) is 0 Å². The van der Waals surface area contributed by atoms with Gasteiger partial charge in [-0.25, -0.2) is 0 Å². The fourth-order valence-corrected chi connectivity index (χ4v) is 12.6. The Morgan fingerprint density at radius 1 is 0.449 bits per heavy atom. The Morgan fingerprint density at radius 2 is 0.776 bits per heavy atom. The van der Waals surface area contributed by atoms with Crippen molar-refractivity contribution in [2.24, 2.45) is 0 Å². The summed E-state index contributed by atoms with van der Waals surface area (Å²) in [5, 5.41) is 8.01. The van der Waals surface area contributed by atoms with Crippen LogP contribution in [0.4, 0.5) is 0 Å². The quantitative estimate of drug-likeness (QED) is 0.165. The van der Waals surface area contributed by atoms with Gasteiger partial charge < -0.3 is 9.47 Å². The molecule has 49 heavy (non-hydrogen) atoms. The first-order chi connectivity index (χ1) is 24.1. The van der Waals surface area contributed by atoms with E-state index >= 15 is 0 Å². The number of rotatable bonds is 6. The summed E-state index contributed by atoms with van der Waals surface area (Å²) in [4.78, 5) is 0. The molecule has 6 aromatic carbocycles. The lowest BCUT2D eigenvalue weighted by Crippen LogP contribution is -2.31. The summed E-state index contributed by atoms with van der Waals surface area (Å²) in [6, 6.07) is 53.6. The Labute approximate surface area is 293 Å². The maximum Gasteiger partial charge on any atom is 0.131 e. The second-order valence-corrected chi connectivity index (χ2v) is 17.7. The third-order valence-corrected chi connectivity index (χ3v) is 14.5. The molecule has 0 saturated heterocycles. The molecule has 2 nitrogen and oxygen atoms in total. The van der Waals surface area contributed by atoms with E-state index < -0.39 is 15.8 Å². The lowest BCUT2D eigenvalue weighted by molar-refractivity contribution is 0.189. The highest BCUT2D eigenvalue weighted by molar-refractivity contribution is 7.80. The smallest absolute Gasteiger partial charge is 0.131 e. The molecular weight excluding hydrogens is 634 g/mol. The molecule has 0 amide bonds. The average Bonchev–Trinajstić information content (AvgIpc) is 3.26. The number of aryl methyl sites for hydroxylation is 2. The van der Waals surface area contributed by atoms with Crippen LogP contribution in [0.25, 0.3) is 0 Å². The van der Waals surface area contributed by atoms with E-state index in [9.17, 15) is 0 Å². The van der Waals surface area contributed by atoms with Gasteiger partial charge in [0, 0.05) is 23.5 Å². The molecule has 2 aliphatic rings. The number of hydrogen-bond donors (Lipinski definition) is 0. The lowest BCUT2D eigenvalue weighted by atomic mass is 10.0. The van der Waals surface area contributed by atoms with Crippen LogP contribution in [0.2, 0.25) is 0 Å². The minimum absolute atomic E-state index is 0.0529. The second kappa shape index (κ2) is 14.3. The lowest BCUT2D eigenvalue weighted by Gasteiger charge is -2.31. The molecule has 0 fully saturated rings. The molecule has 6 aromatic rings. The van der Waals surface area contributed by atoms with Crippen molar-refractivity contribution in [2.45, 2.75) is 58.2 Å². The molecule has 2 aliphatic heterocycles. The van der Waals surface area contributed by atoms with Gasteiger partial charge in [-0.2, -0.15) is 0 Å². The largest absolute Gasteiger partial charge is 0.489 e. The third kappa shape index (κ3) is 6.83. The maximum atomic E-state index is 7.38. The molecule has 2 bridgehead atoms. The Morgan fingerprint density at radius 3 is 1.10 bits per heavy atom. The van der Waals surface area contributed by atoms with E-state index in [0.29, 0.717) is 0 Å². The van der Waals surface area contributed by atoms with Crippen LogP contribution in [0.1, 0.15) is 41.5 Å². The summed E-state index contributed by atoms with van der Waals surface area (Å²) in [6.07, 6.45) is 4.86. The highest BCUT2D eigenvalue weighted by Crippen LogP contribution is 2.43.